The van der Waals surface area contributed by atoms with Gasteiger partial charge in [-0.25, -0.2) is 0 Å². The minimum Gasteiger partial charge on any atom is -0.396 e. The van der Waals surface area contributed by atoms with Crippen molar-refractivity contribution >= 4 is 17.5 Å². The summed E-state index contributed by atoms with van der Waals surface area (Å²) >= 11 is 5.85. The van der Waals surface area contributed by atoms with E-state index in [1.165, 1.54) is 0 Å². The third-order valence-corrected chi connectivity index (χ3v) is 4.04. The number of carbonyl (C=O) groups is 1. The summed E-state index contributed by atoms with van der Waals surface area (Å²) in [5.74, 6) is -0.00230. The average Bonchev–Trinajstić information content (AvgIpc) is 2.53. The number of aliphatic hydroxyl groups is 1. The SMILES string of the molecule is O=C(NC[C@H](CO)Cc1ccc(Cl)cc1)[C@@H]1CCCOC1. The Bertz CT molecular complexity index is 443. The molecular weight excluding hydrogens is 290 g/mol. The lowest BCUT2D eigenvalue weighted by atomic mass is 9.98. The number of nitrogens with one attached hydrogen (secondary N) is 1. The van der Waals surface area contributed by atoms with Crippen molar-refractivity contribution in [1.29, 1.82) is 0 Å². The molecule has 0 saturated carbocycles. The molecule has 21 heavy (non-hydrogen) atoms. The van der Waals surface area contributed by atoms with Crippen molar-refractivity contribution in [3.63, 3.8) is 0 Å². The molecule has 1 aliphatic heterocycles. The number of hydrogen-bond acceptors (Lipinski definition) is 3. The van der Waals surface area contributed by atoms with E-state index in [4.69, 9.17) is 16.3 Å². The van der Waals surface area contributed by atoms with Gasteiger partial charge in [0.15, 0.2) is 0 Å². The number of benzene rings is 1. The zero-order valence-electron chi connectivity index (χ0n) is 12.1. The molecular formula is C16H22ClNO3. The smallest absolute Gasteiger partial charge is 0.225 e. The molecule has 0 aromatic heterocycles. The fraction of sp³-hybridized carbons (Fsp3) is 0.562. The van der Waals surface area contributed by atoms with Gasteiger partial charge in [0.1, 0.15) is 0 Å². The third kappa shape index (κ3) is 5.30. The van der Waals surface area contributed by atoms with Crippen LogP contribution in [0.25, 0.3) is 0 Å². The van der Waals surface area contributed by atoms with Gasteiger partial charge in [0.25, 0.3) is 0 Å². The highest BCUT2D eigenvalue weighted by Crippen LogP contribution is 2.15. The standard InChI is InChI=1S/C16H22ClNO3/c17-15-5-3-12(4-6-15)8-13(10-19)9-18-16(20)14-2-1-7-21-11-14/h3-6,13-14,19H,1-2,7-11H2,(H,18,20)/t13-,14-/m1/s1. The van der Waals surface area contributed by atoms with E-state index in [0.29, 0.717) is 18.2 Å². The molecule has 0 spiro atoms. The predicted octanol–water partition coefficient (Wildman–Crippen LogP) is 2.03. The molecule has 1 aromatic carbocycles. The Hall–Kier alpha value is -1.10. The summed E-state index contributed by atoms with van der Waals surface area (Å²) in [4.78, 5) is 12.0. The van der Waals surface area contributed by atoms with Crippen LogP contribution in [0.1, 0.15) is 18.4 Å². The Morgan fingerprint density at radius 3 is 2.81 bits per heavy atom. The highest BCUT2D eigenvalue weighted by atomic mass is 35.5. The van der Waals surface area contributed by atoms with Crippen molar-refractivity contribution < 1.29 is 14.6 Å². The van der Waals surface area contributed by atoms with Gasteiger partial charge < -0.3 is 15.2 Å². The van der Waals surface area contributed by atoms with Crippen LogP contribution in [0.15, 0.2) is 24.3 Å². The molecule has 2 N–H and O–H groups in total. The van der Waals surface area contributed by atoms with Crippen molar-refractivity contribution in [1.82, 2.24) is 5.32 Å². The third-order valence-electron chi connectivity index (χ3n) is 3.79. The van der Waals surface area contributed by atoms with Gasteiger partial charge in [0.2, 0.25) is 5.91 Å². The molecule has 0 bridgehead atoms. The molecule has 0 aliphatic carbocycles. The van der Waals surface area contributed by atoms with Gasteiger partial charge in [0.05, 0.1) is 12.5 Å². The zero-order valence-corrected chi connectivity index (χ0v) is 12.8. The number of ether oxygens (including phenoxy) is 1. The quantitative estimate of drug-likeness (QED) is 0.845. The summed E-state index contributed by atoms with van der Waals surface area (Å²) in [7, 11) is 0. The Kier molecular flexibility index (Phi) is 6.49. The number of rotatable bonds is 6. The maximum atomic E-state index is 12.0. The first-order valence-electron chi connectivity index (χ1n) is 7.40. The molecule has 1 amide bonds. The molecule has 0 unspecified atom stereocenters. The molecule has 1 aromatic rings. The van der Waals surface area contributed by atoms with Crippen LogP contribution in [0.3, 0.4) is 0 Å². The molecule has 2 rings (SSSR count). The van der Waals surface area contributed by atoms with Crippen molar-refractivity contribution in [2.45, 2.75) is 19.3 Å². The Labute approximate surface area is 130 Å². The van der Waals surface area contributed by atoms with Gasteiger partial charge in [-0.15, -0.1) is 0 Å². The lowest BCUT2D eigenvalue weighted by Gasteiger charge is -2.22. The average molecular weight is 312 g/mol. The molecule has 1 aliphatic rings. The number of aliphatic hydroxyl groups excluding tert-OH is 1. The van der Waals surface area contributed by atoms with Gasteiger partial charge >= 0.3 is 0 Å². The summed E-state index contributed by atoms with van der Waals surface area (Å²) in [5, 5.41) is 13.1. The lowest BCUT2D eigenvalue weighted by Crippen LogP contribution is -2.39. The van der Waals surface area contributed by atoms with Gasteiger partial charge in [-0.3, -0.25) is 4.79 Å². The largest absolute Gasteiger partial charge is 0.396 e. The number of halogens is 1. The summed E-state index contributed by atoms with van der Waals surface area (Å²) in [6.07, 6.45) is 2.54. The van der Waals surface area contributed by atoms with Gasteiger partial charge in [-0.2, -0.15) is 0 Å². The number of carbonyl (C=O) groups excluding carboxylic acids is 1. The van der Waals surface area contributed by atoms with Gasteiger partial charge in [0, 0.05) is 30.7 Å². The first kappa shape index (κ1) is 16.3. The van der Waals surface area contributed by atoms with E-state index in [-0.39, 0.29) is 24.3 Å². The molecule has 1 heterocycles. The molecule has 1 saturated heterocycles. The minimum atomic E-state index is -0.0476. The molecule has 5 heteroatoms. The van der Waals surface area contributed by atoms with Crippen LogP contribution < -0.4 is 5.32 Å². The van der Waals surface area contributed by atoms with Crippen LogP contribution >= 0.6 is 11.6 Å². The van der Waals surface area contributed by atoms with Crippen LogP contribution in [-0.4, -0.2) is 37.4 Å². The van der Waals surface area contributed by atoms with E-state index in [9.17, 15) is 9.90 Å². The lowest BCUT2D eigenvalue weighted by molar-refractivity contribution is -0.129. The minimum absolute atomic E-state index is 0.0136. The van der Waals surface area contributed by atoms with E-state index in [1.54, 1.807) is 0 Å². The molecule has 0 radical (unpaired) electrons. The van der Waals surface area contributed by atoms with Crippen molar-refractivity contribution in [2.75, 3.05) is 26.4 Å². The Morgan fingerprint density at radius 2 is 2.19 bits per heavy atom. The highest BCUT2D eigenvalue weighted by molar-refractivity contribution is 6.30. The van der Waals surface area contributed by atoms with Crippen molar-refractivity contribution in [2.24, 2.45) is 11.8 Å². The summed E-state index contributed by atoms with van der Waals surface area (Å²) in [5.41, 5.74) is 1.11. The number of hydrogen-bond donors (Lipinski definition) is 2. The van der Waals surface area contributed by atoms with Crippen LogP contribution in [0.5, 0.6) is 0 Å². The normalized spacial score (nSPS) is 20.0. The van der Waals surface area contributed by atoms with Crippen LogP contribution in [0.2, 0.25) is 5.02 Å². The predicted molar refractivity (Wildman–Crippen MR) is 82.3 cm³/mol. The second kappa shape index (κ2) is 8.37. The molecule has 116 valence electrons. The Morgan fingerprint density at radius 1 is 1.43 bits per heavy atom. The van der Waals surface area contributed by atoms with Crippen molar-refractivity contribution in [3.8, 4) is 0 Å². The first-order valence-corrected chi connectivity index (χ1v) is 7.77. The van der Waals surface area contributed by atoms with Crippen molar-refractivity contribution in [3.05, 3.63) is 34.9 Å². The van der Waals surface area contributed by atoms with Crippen LogP contribution in [0.4, 0.5) is 0 Å². The van der Waals surface area contributed by atoms with E-state index in [2.05, 4.69) is 5.32 Å². The van der Waals surface area contributed by atoms with Gasteiger partial charge in [-0.05, 0) is 37.0 Å². The molecule has 4 nitrogen and oxygen atoms in total. The summed E-state index contributed by atoms with van der Waals surface area (Å²) in [6.45, 7) is 1.78. The van der Waals surface area contributed by atoms with Crippen LogP contribution in [0, 0.1) is 11.8 Å². The fourth-order valence-corrected chi connectivity index (χ4v) is 2.62. The van der Waals surface area contributed by atoms with E-state index in [1.807, 2.05) is 24.3 Å². The van der Waals surface area contributed by atoms with E-state index in [0.717, 1.165) is 31.4 Å². The summed E-state index contributed by atoms with van der Waals surface area (Å²) in [6, 6.07) is 7.57. The monoisotopic (exact) mass is 311 g/mol. The summed E-state index contributed by atoms with van der Waals surface area (Å²) < 4.78 is 5.32. The second-order valence-corrected chi connectivity index (χ2v) is 5.97. The van der Waals surface area contributed by atoms with E-state index < -0.39 is 0 Å². The molecule has 2 atom stereocenters. The maximum absolute atomic E-state index is 12.0. The Balaban J connectivity index is 1.78. The topological polar surface area (TPSA) is 58.6 Å². The number of amides is 1. The zero-order chi connectivity index (χ0) is 15.1. The first-order chi connectivity index (χ1) is 10.2. The van der Waals surface area contributed by atoms with Crippen LogP contribution in [-0.2, 0) is 16.0 Å². The highest BCUT2D eigenvalue weighted by Gasteiger charge is 2.22. The molecule has 1 fully saturated rings. The van der Waals surface area contributed by atoms with E-state index >= 15 is 0 Å². The second-order valence-electron chi connectivity index (χ2n) is 5.54. The maximum Gasteiger partial charge on any atom is 0.225 e. The van der Waals surface area contributed by atoms with Gasteiger partial charge in [-0.1, -0.05) is 23.7 Å². The fourth-order valence-electron chi connectivity index (χ4n) is 2.49.